The van der Waals surface area contributed by atoms with E-state index in [1.165, 1.54) is 24.8 Å². The number of benzene rings is 1. The first-order valence-corrected chi connectivity index (χ1v) is 7.81. The SMILES string of the molecule is Cc1noc([C@H]2C3CCC(C[C@@H]2c2ccccc2)N3C)n1. The Morgan fingerprint density at radius 2 is 2.00 bits per heavy atom. The van der Waals surface area contributed by atoms with Crippen LogP contribution in [0.3, 0.4) is 0 Å². The van der Waals surface area contributed by atoms with E-state index >= 15 is 0 Å². The summed E-state index contributed by atoms with van der Waals surface area (Å²) in [7, 11) is 2.25. The number of fused-ring (bicyclic) bond motifs is 2. The normalized spacial score (nSPS) is 32.5. The van der Waals surface area contributed by atoms with Gasteiger partial charge in [-0.15, -0.1) is 0 Å². The van der Waals surface area contributed by atoms with Crippen LogP contribution >= 0.6 is 0 Å². The van der Waals surface area contributed by atoms with Crippen LogP contribution < -0.4 is 0 Å². The minimum Gasteiger partial charge on any atom is -0.339 e. The third-order valence-electron chi connectivity index (χ3n) is 5.32. The van der Waals surface area contributed by atoms with Crippen molar-refractivity contribution in [2.75, 3.05) is 7.05 Å². The maximum absolute atomic E-state index is 5.57. The molecule has 0 radical (unpaired) electrons. The molecule has 2 aromatic rings. The first kappa shape index (κ1) is 13.0. The maximum atomic E-state index is 5.57. The van der Waals surface area contributed by atoms with Gasteiger partial charge < -0.3 is 4.52 Å². The van der Waals surface area contributed by atoms with E-state index in [0.29, 0.717) is 23.9 Å². The molecule has 0 saturated carbocycles. The third kappa shape index (κ3) is 2.09. The van der Waals surface area contributed by atoms with Crippen LogP contribution in [0.2, 0.25) is 0 Å². The Balaban J connectivity index is 1.77. The average Bonchev–Trinajstić information content (AvgIpc) is 3.01. The molecule has 110 valence electrons. The third-order valence-corrected chi connectivity index (χ3v) is 5.32. The lowest BCUT2D eigenvalue weighted by Gasteiger charge is -2.41. The van der Waals surface area contributed by atoms with Crippen LogP contribution in [0.1, 0.15) is 48.4 Å². The predicted octanol–water partition coefficient (Wildman–Crippen LogP) is 3.11. The van der Waals surface area contributed by atoms with Crippen molar-refractivity contribution in [1.29, 1.82) is 0 Å². The van der Waals surface area contributed by atoms with E-state index in [-0.39, 0.29) is 0 Å². The van der Waals surface area contributed by atoms with E-state index in [4.69, 9.17) is 4.52 Å². The zero-order chi connectivity index (χ0) is 14.4. The Hall–Kier alpha value is -1.68. The Labute approximate surface area is 125 Å². The zero-order valence-corrected chi connectivity index (χ0v) is 12.6. The van der Waals surface area contributed by atoms with E-state index in [0.717, 1.165) is 11.7 Å². The highest BCUT2D eigenvalue weighted by molar-refractivity contribution is 5.27. The Morgan fingerprint density at radius 3 is 2.71 bits per heavy atom. The Bertz CT molecular complexity index is 624. The number of piperidine rings is 1. The fraction of sp³-hybridized carbons (Fsp3) is 0.529. The minimum absolute atomic E-state index is 0.317. The van der Waals surface area contributed by atoms with Crippen molar-refractivity contribution in [2.45, 2.75) is 50.1 Å². The molecule has 2 fully saturated rings. The molecule has 1 aromatic carbocycles. The van der Waals surface area contributed by atoms with Gasteiger partial charge in [-0.25, -0.2) is 0 Å². The molecule has 3 heterocycles. The molecule has 4 rings (SSSR count). The Morgan fingerprint density at radius 1 is 1.19 bits per heavy atom. The van der Waals surface area contributed by atoms with Gasteiger partial charge in [0.2, 0.25) is 5.89 Å². The summed E-state index contributed by atoms with van der Waals surface area (Å²) in [5.41, 5.74) is 1.41. The number of aromatic nitrogens is 2. The minimum atomic E-state index is 0.317. The molecular formula is C17H21N3O. The smallest absolute Gasteiger partial charge is 0.231 e. The van der Waals surface area contributed by atoms with Crippen molar-refractivity contribution in [3.05, 3.63) is 47.6 Å². The van der Waals surface area contributed by atoms with E-state index in [2.05, 4.69) is 52.4 Å². The lowest BCUT2D eigenvalue weighted by Crippen LogP contribution is -2.44. The molecule has 0 aliphatic carbocycles. The van der Waals surface area contributed by atoms with Gasteiger partial charge in [0, 0.05) is 12.1 Å². The summed E-state index contributed by atoms with van der Waals surface area (Å²) >= 11 is 0. The van der Waals surface area contributed by atoms with Crippen LogP contribution in [0.5, 0.6) is 0 Å². The second kappa shape index (κ2) is 4.95. The van der Waals surface area contributed by atoms with E-state index in [1.807, 2.05) is 6.92 Å². The lowest BCUT2D eigenvalue weighted by molar-refractivity contribution is 0.120. The van der Waals surface area contributed by atoms with Gasteiger partial charge in [-0.2, -0.15) is 4.98 Å². The number of hydrogen-bond acceptors (Lipinski definition) is 4. The van der Waals surface area contributed by atoms with Gasteiger partial charge in [-0.3, -0.25) is 4.90 Å². The summed E-state index contributed by atoms with van der Waals surface area (Å²) < 4.78 is 5.57. The second-order valence-corrected chi connectivity index (χ2v) is 6.42. The highest BCUT2D eigenvalue weighted by Gasteiger charge is 2.48. The number of rotatable bonds is 2. The summed E-state index contributed by atoms with van der Waals surface area (Å²) in [6.45, 7) is 1.90. The molecule has 4 nitrogen and oxygen atoms in total. The van der Waals surface area contributed by atoms with Crippen molar-refractivity contribution in [1.82, 2.24) is 15.0 Å². The molecule has 4 heteroatoms. The molecular weight excluding hydrogens is 262 g/mol. The summed E-state index contributed by atoms with van der Waals surface area (Å²) in [4.78, 5) is 7.09. The van der Waals surface area contributed by atoms with Crippen molar-refractivity contribution < 1.29 is 4.52 Å². The average molecular weight is 283 g/mol. The molecule has 4 atom stereocenters. The highest BCUT2D eigenvalue weighted by Crippen LogP contribution is 2.50. The number of aryl methyl sites for hydroxylation is 1. The van der Waals surface area contributed by atoms with Gasteiger partial charge in [-0.1, -0.05) is 35.5 Å². The molecule has 0 spiro atoms. The number of hydrogen-bond donors (Lipinski definition) is 0. The zero-order valence-electron chi connectivity index (χ0n) is 12.6. The van der Waals surface area contributed by atoms with Gasteiger partial charge in [0.05, 0.1) is 5.92 Å². The molecule has 2 unspecified atom stereocenters. The monoisotopic (exact) mass is 283 g/mol. The van der Waals surface area contributed by atoms with Gasteiger partial charge in [0.1, 0.15) is 0 Å². The molecule has 21 heavy (non-hydrogen) atoms. The maximum Gasteiger partial charge on any atom is 0.231 e. The van der Waals surface area contributed by atoms with E-state index in [9.17, 15) is 0 Å². The van der Waals surface area contributed by atoms with Crippen molar-refractivity contribution in [3.63, 3.8) is 0 Å². The predicted molar refractivity (Wildman–Crippen MR) is 80.1 cm³/mol. The molecule has 2 saturated heterocycles. The van der Waals surface area contributed by atoms with E-state index in [1.54, 1.807) is 0 Å². The van der Waals surface area contributed by atoms with Crippen molar-refractivity contribution in [2.24, 2.45) is 0 Å². The summed E-state index contributed by atoms with van der Waals surface area (Å²) in [6, 6.07) is 12.0. The summed E-state index contributed by atoms with van der Waals surface area (Å²) in [5.74, 6) is 2.36. The standard InChI is InChI=1S/C17H21N3O/c1-11-18-17(21-19-11)16-14(12-6-4-3-5-7-12)10-13-8-9-15(16)20(13)2/h3-7,13-16H,8-10H2,1-2H3/t13?,14-,15?,16-/m1/s1. The van der Waals surface area contributed by atoms with Crippen LogP contribution in [0, 0.1) is 6.92 Å². The first-order valence-electron chi connectivity index (χ1n) is 7.81. The highest BCUT2D eigenvalue weighted by atomic mass is 16.5. The second-order valence-electron chi connectivity index (χ2n) is 6.42. The molecule has 0 amide bonds. The topological polar surface area (TPSA) is 42.2 Å². The van der Waals surface area contributed by atoms with Crippen LogP contribution in [0.15, 0.2) is 34.9 Å². The molecule has 2 aliphatic rings. The van der Waals surface area contributed by atoms with Crippen molar-refractivity contribution >= 4 is 0 Å². The quantitative estimate of drug-likeness (QED) is 0.849. The summed E-state index contributed by atoms with van der Waals surface area (Å²) in [6.07, 6.45) is 3.70. The molecule has 0 N–H and O–H groups in total. The molecule has 2 aliphatic heterocycles. The fourth-order valence-electron chi connectivity index (χ4n) is 4.29. The van der Waals surface area contributed by atoms with Gasteiger partial charge in [0.15, 0.2) is 5.82 Å². The number of nitrogens with zero attached hydrogens (tertiary/aromatic N) is 3. The van der Waals surface area contributed by atoms with E-state index < -0.39 is 0 Å². The van der Waals surface area contributed by atoms with Crippen LogP contribution in [-0.2, 0) is 0 Å². The van der Waals surface area contributed by atoms with Gasteiger partial charge in [0.25, 0.3) is 0 Å². The van der Waals surface area contributed by atoms with Crippen LogP contribution in [0.25, 0.3) is 0 Å². The Kier molecular flexibility index (Phi) is 3.07. The fourth-order valence-corrected chi connectivity index (χ4v) is 4.29. The molecule has 1 aromatic heterocycles. The van der Waals surface area contributed by atoms with Crippen LogP contribution in [0.4, 0.5) is 0 Å². The molecule has 2 bridgehead atoms. The largest absolute Gasteiger partial charge is 0.339 e. The van der Waals surface area contributed by atoms with Gasteiger partial charge >= 0.3 is 0 Å². The van der Waals surface area contributed by atoms with Gasteiger partial charge in [-0.05, 0) is 44.7 Å². The summed E-state index contributed by atoms with van der Waals surface area (Å²) in [5, 5.41) is 4.02. The number of likely N-dealkylation sites (N-methyl/N-ethyl adjacent to an activating group) is 1. The first-order chi connectivity index (χ1) is 10.2. The lowest BCUT2D eigenvalue weighted by atomic mass is 9.76. The van der Waals surface area contributed by atoms with Crippen LogP contribution in [-0.4, -0.2) is 34.2 Å². The van der Waals surface area contributed by atoms with Crippen molar-refractivity contribution in [3.8, 4) is 0 Å².